The maximum atomic E-state index is 11.7. The van der Waals surface area contributed by atoms with Crippen molar-refractivity contribution in [2.45, 2.75) is 26.3 Å². The first-order valence-corrected chi connectivity index (χ1v) is 5.21. The largest absolute Gasteiger partial charge is 0.350 e. The molecule has 0 aromatic heterocycles. The van der Waals surface area contributed by atoms with E-state index in [1.54, 1.807) is 0 Å². The molecule has 0 aliphatic carbocycles. The van der Waals surface area contributed by atoms with Crippen LogP contribution in [0.2, 0.25) is 0 Å². The SMILES string of the molecule is Cc1cccc(C(=O)NC(C)CCN)c1. The number of carbonyl (C=O) groups excluding carboxylic acids is 1. The van der Waals surface area contributed by atoms with Gasteiger partial charge in [-0.15, -0.1) is 0 Å². The van der Waals surface area contributed by atoms with Gasteiger partial charge < -0.3 is 11.1 Å². The Kier molecular flexibility index (Phi) is 4.31. The number of hydrogen-bond acceptors (Lipinski definition) is 2. The van der Waals surface area contributed by atoms with Crippen LogP contribution in [0, 0.1) is 6.92 Å². The Morgan fingerprint density at radius 1 is 1.53 bits per heavy atom. The molecule has 3 nitrogen and oxygen atoms in total. The first-order valence-electron chi connectivity index (χ1n) is 5.21. The summed E-state index contributed by atoms with van der Waals surface area (Å²) in [6, 6.07) is 7.68. The summed E-state index contributed by atoms with van der Waals surface area (Å²) >= 11 is 0. The molecule has 1 unspecified atom stereocenters. The average Bonchev–Trinajstić information content (AvgIpc) is 2.18. The van der Waals surface area contributed by atoms with Crippen molar-refractivity contribution in [3.8, 4) is 0 Å². The van der Waals surface area contributed by atoms with Gasteiger partial charge in [-0.3, -0.25) is 4.79 Å². The third-order valence-corrected chi connectivity index (χ3v) is 2.26. The van der Waals surface area contributed by atoms with Crippen LogP contribution >= 0.6 is 0 Å². The molecule has 0 heterocycles. The second-order valence-corrected chi connectivity index (χ2v) is 3.82. The molecule has 0 aliphatic heterocycles. The molecule has 1 aromatic carbocycles. The highest BCUT2D eigenvalue weighted by Crippen LogP contribution is 2.04. The number of nitrogens with two attached hydrogens (primary N) is 1. The topological polar surface area (TPSA) is 55.1 Å². The minimum absolute atomic E-state index is 0.0281. The predicted octanol–water partition coefficient (Wildman–Crippen LogP) is 1.46. The Bertz CT molecular complexity index is 336. The molecule has 0 saturated carbocycles. The van der Waals surface area contributed by atoms with Crippen LogP contribution in [-0.2, 0) is 0 Å². The molecule has 1 rings (SSSR count). The van der Waals surface area contributed by atoms with Crippen molar-refractivity contribution in [1.29, 1.82) is 0 Å². The van der Waals surface area contributed by atoms with Crippen LogP contribution in [0.4, 0.5) is 0 Å². The molecule has 0 bridgehead atoms. The monoisotopic (exact) mass is 206 g/mol. The van der Waals surface area contributed by atoms with Gasteiger partial charge in [0.2, 0.25) is 0 Å². The highest BCUT2D eigenvalue weighted by molar-refractivity contribution is 5.94. The van der Waals surface area contributed by atoms with Gasteiger partial charge in [-0.05, 0) is 38.9 Å². The molecule has 0 radical (unpaired) electrons. The van der Waals surface area contributed by atoms with Crippen molar-refractivity contribution in [3.63, 3.8) is 0 Å². The predicted molar refractivity (Wildman–Crippen MR) is 61.8 cm³/mol. The van der Waals surface area contributed by atoms with Gasteiger partial charge in [-0.1, -0.05) is 17.7 Å². The summed E-state index contributed by atoms with van der Waals surface area (Å²) in [5.74, 6) is -0.0281. The highest BCUT2D eigenvalue weighted by atomic mass is 16.1. The Hall–Kier alpha value is -1.35. The van der Waals surface area contributed by atoms with Crippen molar-refractivity contribution in [2.24, 2.45) is 5.73 Å². The van der Waals surface area contributed by atoms with E-state index in [1.165, 1.54) is 0 Å². The minimum Gasteiger partial charge on any atom is -0.350 e. The molecule has 1 atom stereocenters. The molecule has 3 heteroatoms. The van der Waals surface area contributed by atoms with E-state index in [0.29, 0.717) is 12.1 Å². The molecule has 82 valence electrons. The molecule has 1 amide bonds. The number of aryl methyl sites for hydroxylation is 1. The first kappa shape index (κ1) is 11.7. The molecule has 0 aliphatic rings. The van der Waals surface area contributed by atoms with Crippen LogP contribution in [0.3, 0.4) is 0 Å². The van der Waals surface area contributed by atoms with Gasteiger partial charge in [-0.2, -0.15) is 0 Å². The fourth-order valence-electron chi connectivity index (χ4n) is 1.42. The molecule has 15 heavy (non-hydrogen) atoms. The summed E-state index contributed by atoms with van der Waals surface area (Å²) in [6.45, 7) is 4.52. The summed E-state index contributed by atoms with van der Waals surface area (Å²) < 4.78 is 0. The molecule has 0 fully saturated rings. The Balaban J connectivity index is 2.61. The lowest BCUT2D eigenvalue weighted by molar-refractivity contribution is 0.0939. The smallest absolute Gasteiger partial charge is 0.251 e. The Morgan fingerprint density at radius 3 is 2.87 bits per heavy atom. The fraction of sp³-hybridized carbons (Fsp3) is 0.417. The average molecular weight is 206 g/mol. The van der Waals surface area contributed by atoms with Crippen LogP contribution < -0.4 is 11.1 Å². The van der Waals surface area contributed by atoms with Crippen molar-refractivity contribution in [1.82, 2.24) is 5.32 Å². The van der Waals surface area contributed by atoms with Gasteiger partial charge in [0.15, 0.2) is 0 Å². The van der Waals surface area contributed by atoms with Gasteiger partial charge in [0, 0.05) is 11.6 Å². The maximum Gasteiger partial charge on any atom is 0.251 e. The summed E-state index contributed by atoms with van der Waals surface area (Å²) in [7, 11) is 0. The van der Waals surface area contributed by atoms with Crippen LogP contribution in [0.15, 0.2) is 24.3 Å². The van der Waals surface area contributed by atoms with E-state index in [-0.39, 0.29) is 11.9 Å². The fourth-order valence-corrected chi connectivity index (χ4v) is 1.42. The number of amides is 1. The van der Waals surface area contributed by atoms with Gasteiger partial charge in [0.25, 0.3) is 5.91 Å². The molecular weight excluding hydrogens is 188 g/mol. The molecule has 3 N–H and O–H groups in total. The summed E-state index contributed by atoms with van der Waals surface area (Å²) in [6.07, 6.45) is 0.803. The number of benzene rings is 1. The Labute approximate surface area is 90.7 Å². The van der Waals surface area contributed by atoms with E-state index in [0.717, 1.165) is 12.0 Å². The zero-order valence-corrected chi connectivity index (χ0v) is 9.29. The second-order valence-electron chi connectivity index (χ2n) is 3.82. The van der Waals surface area contributed by atoms with Gasteiger partial charge >= 0.3 is 0 Å². The van der Waals surface area contributed by atoms with Crippen LogP contribution in [0.25, 0.3) is 0 Å². The number of nitrogens with one attached hydrogen (secondary N) is 1. The zero-order chi connectivity index (χ0) is 11.3. The van der Waals surface area contributed by atoms with Crippen molar-refractivity contribution >= 4 is 5.91 Å². The maximum absolute atomic E-state index is 11.7. The van der Waals surface area contributed by atoms with E-state index in [4.69, 9.17) is 5.73 Å². The van der Waals surface area contributed by atoms with Gasteiger partial charge in [-0.25, -0.2) is 0 Å². The third kappa shape index (κ3) is 3.72. The third-order valence-electron chi connectivity index (χ3n) is 2.26. The number of hydrogen-bond donors (Lipinski definition) is 2. The lowest BCUT2D eigenvalue weighted by Gasteiger charge is -2.12. The highest BCUT2D eigenvalue weighted by Gasteiger charge is 2.08. The molecular formula is C12H18N2O. The first-order chi connectivity index (χ1) is 7.13. The number of rotatable bonds is 4. The Morgan fingerprint density at radius 2 is 2.27 bits per heavy atom. The normalized spacial score (nSPS) is 12.2. The van der Waals surface area contributed by atoms with E-state index in [2.05, 4.69) is 5.32 Å². The lowest BCUT2D eigenvalue weighted by Crippen LogP contribution is -2.34. The lowest BCUT2D eigenvalue weighted by atomic mass is 10.1. The number of carbonyl (C=O) groups is 1. The van der Waals surface area contributed by atoms with Crippen molar-refractivity contribution in [2.75, 3.05) is 6.54 Å². The molecule has 1 aromatic rings. The van der Waals surface area contributed by atoms with Gasteiger partial charge in [0.05, 0.1) is 0 Å². The van der Waals surface area contributed by atoms with E-state index in [9.17, 15) is 4.79 Å². The van der Waals surface area contributed by atoms with Crippen LogP contribution in [-0.4, -0.2) is 18.5 Å². The van der Waals surface area contributed by atoms with Gasteiger partial charge in [0.1, 0.15) is 0 Å². The van der Waals surface area contributed by atoms with Crippen LogP contribution in [0.1, 0.15) is 29.3 Å². The minimum atomic E-state index is -0.0281. The second kappa shape index (κ2) is 5.51. The van der Waals surface area contributed by atoms with E-state index >= 15 is 0 Å². The molecule has 0 spiro atoms. The van der Waals surface area contributed by atoms with E-state index < -0.39 is 0 Å². The summed E-state index contributed by atoms with van der Waals surface area (Å²) in [4.78, 5) is 11.7. The quantitative estimate of drug-likeness (QED) is 0.783. The standard InChI is InChI=1S/C12H18N2O/c1-9-4-3-5-11(8-9)12(15)14-10(2)6-7-13/h3-5,8,10H,6-7,13H2,1-2H3,(H,14,15). The summed E-state index contributed by atoms with van der Waals surface area (Å²) in [5, 5.41) is 2.91. The van der Waals surface area contributed by atoms with Crippen molar-refractivity contribution < 1.29 is 4.79 Å². The van der Waals surface area contributed by atoms with Crippen molar-refractivity contribution in [3.05, 3.63) is 35.4 Å². The summed E-state index contributed by atoms with van der Waals surface area (Å²) in [5.41, 5.74) is 7.22. The van der Waals surface area contributed by atoms with E-state index in [1.807, 2.05) is 38.1 Å². The zero-order valence-electron chi connectivity index (χ0n) is 9.29. The molecule has 0 saturated heterocycles. The van der Waals surface area contributed by atoms with Crippen LogP contribution in [0.5, 0.6) is 0 Å².